The lowest BCUT2D eigenvalue weighted by Crippen LogP contribution is -2.40. The van der Waals surface area contributed by atoms with E-state index in [1.54, 1.807) is 36.6 Å². The minimum atomic E-state index is -0.139. The van der Waals surface area contributed by atoms with Crippen molar-refractivity contribution in [2.24, 2.45) is 0 Å². The lowest BCUT2D eigenvalue weighted by Gasteiger charge is -2.26. The third-order valence-electron chi connectivity index (χ3n) is 4.75. The molecule has 0 radical (unpaired) electrons. The Hall–Kier alpha value is -2.38. The molecular formula is C21H30N4O2S. The maximum absolute atomic E-state index is 13.0. The quantitative estimate of drug-likeness (QED) is 0.671. The molecule has 0 saturated heterocycles. The zero-order valence-electron chi connectivity index (χ0n) is 17.1. The van der Waals surface area contributed by atoms with Crippen molar-refractivity contribution in [1.82, 2.24) is 15.1 Å². The number of carbonyl (C=O) groups excluding carboxylic acids is 2. The van der Waals surface area contributed by atoms with Crippen molar-refractivity contribution in [3.8, 4) is 0 Å². The Morgan fingerprint density at radius 2 is 1.86 bits per heavy atom. The molecule has 152 valence electrons. The maximum Gasteiger partial charge on any atom is 0.322 e. The number of amides is 3. The molecule has 0 fully saturated rings. The SMILES string of the molecule is CCN(CC)CCN(Cc1cccs1)C(=O)Nc1ccc(C(=O)NC)cc1C. The van der Waals surface area contributed by atoms with E-state index in [0.717, 1.165) is 35.8 Å². The Morgan fingerprint density at radius 3 is 2.43 bits per heavy atom. The number of benzene rings is 1. The van der Waals surface area contributed by atoms with Crippen molar-refractivity contribution in [2.45, 2.75) is 27.3 Å². The zero-order chi connectivity index (χ0) is 20.5. The first kappa shape index (κ1) is 21.9. The molecule has 0 aliphatic rings. The van der Waals surface area contributed by atoms with E-state index in [-0.39, 0.29) is 11.9 Å². The summed E-state index contributed by atoms with van der Waals surface area (Å²) in [5.74, 6) is -0.139. The molecule has 7 heteroatoms. The monoisotopic (exact) mass is 402 g/mol. The average molecular weight is 403 g/mol. The Kier molecular flexibility index (Phi) is 8.47. The number of nitrogens with one attached hydrogen (secondary N) is 2. The molecule has 1 heterocycles. The number of rotatable bonds is 9. The predicted octanol–water partition coefficient (Wildman–Crippen LogP) is 3.79. The number of aryl methyl sites for hydroxylation is 1. The highest BCUT2D eigenvalue weighted by atomic mass is 32.1. The summed E-state index contributed by atoms with van der Waals surface area (Å²) in [6, 6.07) is 9.21. The Labute approximate surface area is 171 Å². The third kappa shape index (κ3) is 6.07. The molecule has 3 amide bonds. The van der Waals surface area contributed by atoms with E-state index >= 15 is 0 Å². The lowest BCUT2D eigenvalue weighted by molar-refractivity contribution is 0.0963. The standard InChI is InChI=1S/C21H30N4O2S/c1-5-24(6-2)11-12-25(15-18-8-7-13-28-18)21(27)23-19-10-9-17(14-16(19)3)20(26)22-4/h7-10,13-14H,5-6,11-12,15H2,1-4H3,(H,22,26)(H,23,27). The number of anilines is 1. The molecule has 0 spiro atoms. The zero-order valence-corrected chi connectivity index (χ0v) is 17.9. The summed E-state index contributed by atoms with van der Waals surface area (Å²) < 4.78 is 0. The van der Waals surface area contributed by atoms with Gasteiger partial charge in [-0.05, 0) is 55.2 Å². The van der Waals surface area contributed by atoms with E-state index in [9.17, 15) is 9.59 Å². The first-order valence-electron chi connectivity index (χ1n) is 9.61. The number of hydrogen-bond donors (Lipinski definition) is 2. The summed E-state index contributed by atoms with van der Waals surface area (Å²) in [5, 5.41) is 7.65. The van der Waals surface area contributed by atoms with Gasteiger partial charge in [0.25, 0.3) is 5.91 Å². The van der Waals surface area contributed by atoms with Crippen molar-refractivity contribution < 1.29 is 9.59 Å². The van der Waals surface area contributed by atoms with Gasteiger partial charge in [-0.15, -0.1) is 11.3 Å². The highest BCUT2D eigenvalue weighted by Crippen LogP contribution is 2.18. The Balaban J connectivity index is 2.11. The van der Waals surface area contributed by atoms with Crippen LogP contribution in [-0.4, -0.2) is 55.0 Å². The van der Waals surface area contributed by atoms with Crippen LogP contribution in [0.5, 0.6) is 0 Å². The highest BCUT2D eigenvalue weighted by molar-refractivity contribution is 7.09. The summed E-state index contributed by atoms with van der Waals surface area (Å²) in [6.45, 7) is 10.1. The van der Waals surface area contributed by atoms with Crippen LogP contribution in [0.25, 0.3) is 0 Å². The van der Waals surface area contributed by atoms with Crippen molar-refractivity contribution >= 4 is 29.0 Å². The molecule has 0 atom stereocenters. The topological polar surface area (TPSA) is 64.7 Å². The number of thiophene rings is 1. The molecule has 0 unspecified atom stereocenters. The summed E-state index contributed by atoms with van der Waals surface area (Å²) in [6.07, 6.45) is 0. The second-order valence-corrected chi connectivity index (χ2v) is 7.60. The number of nitrogens with zero attached hydrogens (tertiary/aromatic N) is 2. The first-order valence-corrected chi connectivity index (χ1v) is 10.5. The van der Waals surface area contributed by atoms with Crippen molar-refractivity contribution in [2.75, 3.05) is 38.5 Å². The molecule has 2 aromatic rings. The minimum absolute atomic E-state index is 0.128. The van der Waals surface area contributed by atoms with Crippen LogP contribution in [0.1, 0.15) is 34.6 Å². The van der Waals surface area contributed by atoms with Crippen molar-refractivity contribution in [3.63, 3.8) is 0 Å². The summed E-state index contributed by atoms with van der Waals surface area (Å²) >= 11 is 1.65. The van der Waals surface area contributed by atoms with Gasteiger partial charge >= 0.3 is 6.03 Å². The first-order chi connectivity index (χ1) is 13.5. The van der Waals surface area contributed by atoms with E-state index in [0.29, 0.717) is 18.7 Å². The van der Waals surface area contributed by atoms with Crippen LogP contribution >= 0.6 is 11.3 Å². The van der Waals surface area contributed by atoms with Gasteiger partial charge in [-0.1, -0.05) is 19.9 Å². The van der Waals surface area contributed by atoms with E-state index in [1.165, 1.54) is 0 Å². The Bertz CT molecular complexity index is 773. The molecule has 2 rings (SSSR count). The lowest BCUT2D eigenvalue weighted by atomic mass is 10.1. The molecule has 28 heavy (non-hydrogen) atoms. The van der Waals surface area contributed by atoms with Crippen LogP contribution in [0, 0.1) is 6.92 Å². The number of urea groups is 1. The maximum atomic E-state index is 13.0. The average Bonchev–Trinajstić information content (AvgIpc) is 3.21. The van der Waals surface area contributed by atoms with Gasteiger partial charge < -0.3 is 20.4 Å². The van der Waals surface area contributed by atoms with Crippen LogP contribution in [0.4, 0.5) is 10.5 Å². The second kappa shape index (κ2) is 10.8. The fraction of sp³-hybridized carbons (Fsp3) is 0.429. The summed E-state index contributed by atoms with van der Waals surface area (Å²) in [7, 11) is 1.60. The van der Waals surface area contributed by atoms with Gasteiger partial charge in [-0.3, -0.25) is 4.79 Å². The number of hydrogen-bond acceptors (Lipinski definition) is 4. The van der Waals surface area contributed by atoms with Gasteiger partial charge in [0, 0.05) is 36.3 Å². The van der Waals surface area contributed by atoms with Crippen LogP contribution in [0.3, 0.4) is 0 Å². The molecule has 0 bridgehead atoms. The smallest absolute Gasteiger partial charge is 0.322 e. The normalized spacial score (nSPS) is 10.8. The van der Waals surface area contributed by atoms with Gasteiger partial charge in [0.05, 0.1) is 6.54 Å². The van der Waals surface area contributed by atoms with Crippen molar-refractivity contribution in [3.05, 3.63) is 51.7 Å². The molecule has 6 nitrogen and oxygen atoms in total. The van der Waals surface area contributed by atoms with Crippen LogP contribution < -0.4 is 10.6 Å². The van der Waals surface area contributed by atoms with Gasteiger partial charge in [0.15, 0.2) is 0 Å². The van der Waals surface area contributed by atoms with Gasteiger partial charge in [-0.2, -0.15) is 0 Å². The molecule has 0 aliphatic carbocycles. The number of carbonyl (C=O) groups is 2. The molecule has 0 aliphatic heterocycles. The fourth-order valence-corrected chi connectivity index (χ4v) is 3.65. The molecular weight excluding hydrogens is 372 g/mol. The van der Waals surface area contributed by atoms with Gasteiger partial charge in [-0.25, -0.2) is 4.79 Å². The fourth-order valence-electron chi connectivity index (χ4n) is 2.93. The Morgan fingerprint density at radius 1 is 1.11 bits per heavy atom. The third-order valence-corrected chi connectivity index (χ3v) is 5.61. The van der Waals surface area contributed by atoms with Crippen LogP contribution in [-0.2, 0) is 6.54 Å². The van der Waals surface area contributed by atoms with E-state index in [4.69, 9.17) is 0 Å². The predicted molar refractivity (Wildman–Crippen MR) is 116 cm³/mol. The van der Waals surface area contributed by atoms with E-state index in [2.05, 4.69) is 29.4 Å². The molecule has 2 N–H and O–H groups in total. The van der Waals surface area contributed by atoms with Crippen LogP contribution in [0.2, 0.25) is 0 Å². The van der Waals surface area contributed by atoms with E-state index < -0.39 is 0 Å². The summed E-state index contributed by atoms with van der Waals surface area (Å²) in [5.41, 5.74) is 2.15. The highest BCUT2D eigenvalue weighted by Gasteiger charge is 2.17. The molecule has 1 aromatic heterocycles. The van der Waals surface area contributed by atoms with E-state index in [1.807, 2.05) is 29.3 Å². The largest absolute Gasteiger partial charge is 0.355 e. The summed E-state index contributed by atoms with van der Waals surface area (Å²) in [4.78, 5) is 30.1. The van der Waals surface area contributed by atoms with Gasteiger partial charge in [0.2, 0.25) is 0 Å². The van der Waals surface area contributed by atoms with Crippen molar-refractivity contribution in [1.29, 1.82) is 0 Å². The molecule has 1 aromatic carbocycles. The van der Waals surface area contributed by atoms with Crippen LogP contribution in [0.15, 0.2) is 35.7 Å². The second-order valence-electron chi connectivity index (χ2n) is 6.57. The molecule has 0 saturated carbocycles. The minimum Gasteiger partial charge on any atom is -0.355 e. The number of likely N-dealkylation sites (N-methyl/N-ethyl adjacent to an activating group) is 1. The van der Waals surface area contributed by atoms with Gasteiger partial charge in [0.1, 0.15) is 0 Å².